The van der Waals surface area contributed by atoms with Crippen molar-refractivity contribution in [2.75, 3.05) is 58.0 Å². The van der Waals surface area contributed by atoms with Crippen molar-refractivity contribution in [2.45, 2.75) is 83.3 Å². The molecule has 3 N–H and O–H groups in total. The first-order valence-corrected chi connectivity index (χ1v) is 26.1. The fourth-order valence-electron chi connectivity index (χ4n) is 8.33. The normalized spacial score (nSPS) is 17.2. The molecule has 398 valence electrons. The van der Waals surface area contributed by atoms with Crippen LogP contribution < -0.4 is 34.9 Å². The maximum Gasteiger partial charge on any atom is 0.414 e. The SMILES string of the molecule is BOC(=O)C1=C(C[N+]2(CCNC(=O)c3ccc(OCc4ccc(OC)cc4)c(OCc4ccc(OC)cc4)c3Cl)CCCC2)CS[C@@H]2[C@H](NC(=O)/C(=N\OC(C)(C)C=O)c3nsc(NC(=O)OC(C)(C)C)n3)C(=O)N12. The summed E-state index contributed by atoms with van der Waals surface area (Å²) < 4.78 is 38.2. The number of rotatable bonds is 22. The predicted octanol–water partition coefficient (Wildman–Crippen LogP) is 5.20. The quantitative estimate of drug-likeness (QED) is 0.0229. The van der Waals surface area contributed by atoms with Crippen LogP contribution in [-0.2, 0) is 46.6 Å². The Labute approximate surface area is 448 Å². The second-order valence-electron chi connectivity index (χ2n) is 19.3. The van der Waals surface area contributed by atoms with Gasteiger partial charge in [0.2, 0.25) is 16.7 Å². The van der Waals surface area contributed by atoms with Crippen molar-refractivity contribution in [3.63, 3.8) is 0 Å². The van der Waals surface area contributed by atoms with Crippen LogP contribution in [0.4, 0.5) is 9.93 Å². The summed E-state index contributed by atoms with van der Waals surface area (Å²) in [6, 6.07) is 16.9. The number of quaternary nitrogens is 1. The number of fused-ring (bicyclic) bond motifs is 1. The van der Waals surface area contributed by atoms with E-state index in [1.54, 1.807) is 47.1 Å². The molecule has 0 spiro atoms. The summed E-state index contributed by atoms with van der Waals surface area (Å²) in [4.78, 5) is 90.6. The van der Waals surface area contributed by atoms with Crippen molar-refractivity contribution in [2.24, 2.45) is 5.16 Å². The number of benzene rings is 3. The third kappa shape index (κ3) is 13.9. The van der Waals surface area contributed by atoms with E-state index in [1.165, 1.54) is 38.6 Å². The molecule has 0 saturated carbocycles. The zero-order valence-corrected chi connectivity index (χ0v) is 45.2. The standard InChI is InChI=1S/C50H58BClN8O13S2/c1-49(2,3)71-48(66)56-47-55-41(58-75-47)37(57-73-50(4,5)28-61)43(63)54-38-44(64)59-39(46(65)72-51)31(27-74-45(38)59)24-60(21-8-9-22-60)23-20-53-42(62)34-18-19-35(69-25-29-10-14-32(67-6)15-11-29)40(36(34)52)70-26-30-12-16-33(68-7)17-13-30/h10-19,28,38,45H,8-9,20-27,51H2,1-7H3,(H2-,53,54,55,56,58,62,63,66)/p+1/b57-37-/t38-,45-/m1/s1. The first-order valence-electron chi connectivity index (χ1n) is 23.9. The molecule has 4 aromatic rings. The number of likely N-dealkylation sites (tertiary alicyclic amines) is 1. The van der Waals surface area contributed by atoms with Gasteiger partial charge >= 0.3 is 20.1 Å². The number of halogens is 1. The maximum absolute atomic E-state index is 14.1. The van der Waals surface area contributed by atoms with Gasteiger partial charge in [0.1, 0.15) is 54.0 Å². The Morgan fingerprint density at radius 1 is 0.933 bits per heavy atom. The number of anilines is 1. The molecule has 0 unspecified atom stereocenters. The van der Waals surface area contributed by atoms with Gasteiger partial charge in [-0.3, -0.25) is 29.4 Å². The molecule has 1 aromatic heterocycles. The second-order valence-corrected chi connectivity index (χ2v) is 21.5. The number of oxime groups is 1. The fraction of sp³-hybridized carbons (Fsp3) is 0.420. The Balaban J connectivity index is 1.04. The first-order chi connectivity index (χ1) is 35.8. The first kappa shape index (κ1) is 55.9. The van der Waals surface area contributed by atoms with Gasteiger partial charge in [0, 0.05) is 35.7 Å². The van der Waals surface area contributed by atoms with Crippen LogP contribution in [0.15, 0.2) is 77.1 Å². The van der Waals surface area contributed by atoms with Gasteiger partial charge in [-0.15, -0.1) is 11.8 Å². The molecule has 0 aliphatic carbocycles. The topological polar surface area (TPSA) is 244 Å². The molecule has 2 saturated heterocycles. The minimum Gasteiger partial charge on any atom is -0.539 e. The Hall–Kier alpha value is -6.89. The summed E-state index contributed by atoms with van der Waals surface area (Å²) in [5.41, 5.74) is -0.0493. The van der Waals surface area contributed by atoms with Gasteiger partial charge in [0.05, 0.1) is 51.0 Å². The molecule has 3 aliphatic rings. The van der Waals surface area contributed by atoms with Gasteiger partial charge in [-0.1, -0.05) is 41.0 Å². The predicted molar refractivity (Wildman–Crippen MR) is 282 cm³/mol. The maximum atomic E-state index is 14.1. The third-order valence-electron chi connectivity index (χ3n) is 12.1. The summed E-state index contributed by atoms with van der Waals surface area (Å²) in [7, 11) is 4.42. The summed E-state index contributed by atoms with van der Waals surface area (Å²) in [5, 5.41) is 11.4. The van der Waals surface area contributed by atoms with Crippen molar-refractivity contribution < 1.29 is 66.4 Å². The van der Waals surface area contributed by atoms with Gasteiger partial charge in [0.25, 0.3) is 17.7 Å². The van der Waals surface area contributed by atoms with Crippen LogP contribution >= 0.6 is 34.9 Å². The summed E-state index contributed by atoms with van der Waals surface area (Å²) in [6.07, 6.45) is 1.49. The van der Waals surface area contributed by atoms with Crippen LogP contribution in [0.25, 0.3) is 0 Å². The van der Waals surface area contributed by atoms with Crippen molar-refractivity contribution in [3.8, 4) is 23.0 Å². The summed E-state index contributed by atoms with van der Waals surface area (Å²) >= 11 is 9.10. The number of hydrogen-bond donors (Lipinski definition) is 3. The highest BCUT2D eigenvalue weighted by atomic mass is 35.5. The van der Waals surface area contributed by atoms with Crippen LogP contribution in [-0.4, -0.2) is 144 Å². The highest BCUT2D eigenvalue weighted by molar-refractivity contribution is 8.00. The highest BCUT2D eigenvalue weighted by Crippen LogP contribution is 2.42. The minimum absolute atomic E-state index is 0.0203. The molecule has 25 heteroatoms. The van der Waals surface area contributed by atoms with E-state index >= 15 is 0 Å². The molecule has 4 amide bonds. The number of ether oxygens (including phenoxy) is 5. The molecule has 2 fully saturated rings. The van der Waals surface area contributed by atoms with Crippen LogP contribution in [0.3, 0.4) is 0 Å². The van der Waals surface area contributed by atoms with Gasteiger partial charge in [-0.05, 0) is 82.1 Å². The number of hydrogen-bond acceptors (Lipinski definition) is 18. The molecule has 3 aliphatic heterocycles. The van der Waals surface area contributed by atoms with Crippen LogP contribution in [0.5, 0.6) is 23.0 Å². The molecule has 0 radical (unpaired) electrons. The van der Waals surface area contributed by atoms with E-state index in [9.17, 15) is 28.8 Å². The zero-order chi connectivity index (χ0) is 54.1. The van der Waals surface area contributed by atoms with Crippen molar-refractivity contribution in [3.05, 3.63) is 99.5 Å². The van der Waals surface area contributed by atoms with Gasteiger partial charge < -0.3 is 48.3 Å². The number of methoxy groups -OCH3 is 2. The van der Waals surface area contributed by atoms with E-state index in [2.05, 4.69) is 30.5 Å². The molecular formula is C50H59BClN8O13S2+. The lowest BCUT2D eigenvalue weighted by atomic mass is 10.0. The molecule has 21 nitrogen and oxygen atoms in total. The Kier molecular flexibility index (Phi) is 18.0. The molecule has 2 atom stereocenters. The average Bonchev–Trinajstić information content (AvgIpc) is 4.06. The lowest BCUT2D eigenvalue weighted by Crippen LogP contribution is -2.71. The lowest BCUT2D eigenvalue weighted by Gasteiger charge is -2.50. The zero-order valence-electron chi connectivity index (χ0n) is 42.8. The Bertz CT molecular complexity index is 2840. The second kappa shape index (κ2) is 24.2. The number of thioether (sulfide) groups is 1. The molecule has 4 heterocycles. The number of carbonyl (C=O) groups is 6. The Morgan fingerprint density at radius 3 is 2.17 bits per heavy atom. The highest BCUT2D eigenvalue weighted by Gasteiger charge is 2.55. The Morgan fingerprint density at radius 2 is 1.57 bits per heavy atom. The van der Waals surface area contributed by atoms with Crippen molar-refractivity contribution in [1.82, 2.24) is 24.9 Å². The molecule has 0 bridgehead atoms. The van der Waals surface area contributed by atoms with E-state index in [0.29, 0.717) is 52.4 Å². The molecule has 75 heavy (non-hydrogen) atoms. The van der Waals surface area contributed by atoms with Crippen LogP contribution in [0, 0.1) is 0 Å². The van der Waals surface area contributed by atoms with E-state index in [1.807, 2.05) is 48.5 Å². The van der Waals surface area contributed by atoms with E-state index in [-0.39, 0.29) is 52.7 Å². The molecule has 7 rings (SSSR count). The minimum atomic E-state index is -1.45. The molecular weight excluding hydrogens is 1030 g/mol. The fourth-order valence-corrected chi connectivity index (χ4v) is 10.5. The van der Waals surface area contributed by atoms with Crippen LogP contribution in [0.1, 0.15) is 74.8 Å². The van der Waals surface area contributed by atoms with E-state index in [0.717, 1.165) is 48.6 Å². The van der Waals surface area contributed by atoms with Crippen molar-refractivity contribution >= 4 is 89.9 Å². The number of β-lactam (4-membered cyclic amide) rings is 1. The third-order valence-corrected chi connectivity index (χ3v) is 14.5. The summed E-state index contributed by atoms with van der Waals surface area (Å²) in [5.74, 6) is -0.605. The number of nitrogens with zero attached hydrogens (tertiary/aromatic N) is 5. The van der Waals surface area contributed by atoms with Crippen LogP contribution in [0.2, 0.25) is 5.02 Å². The van der Waals surface area contributed by atoms with Gasteiger partial charge in [0.15, 0.2) is 23.4 Å². The van der Waals surface area contributed by atoms with Gasteiger partial charge in [-0.25, -0.2) is 9.59 Å². The largest absolute Gasteiger partial charge is 0.539 e. The van der Waals surface area contributed by atoms with Crippen molar-refractivity contribution in [1.29, 1.82) is 0 Å². The monoisotopic (exact) mass is 1090 g/mol. The lowest BCUT2D eigenvalue weighted by molar-refractivity contribution is -0.911. The van der Waals surface area contributed by atoms with Gasteiger partial charge in [-0.2, -0.15) is 9.36 Å². The number of aromatic nitrogens is 2. The summed E-state index contributed by atoms with van der Waals surface area (Å²) in [6.45, 7) is 10.9. The van der Waals surface area contributed by atoms with E-state index in [4.69, 9.17) is 44.8 Å². The number of nitrogens with one attached hydrogen (secondary N) is 3. The number of amides is 4. The average molecular weight is 1090 g/mol. The van der Waals surface area contributed by atoms with E-state index < -0.39 is 58.1 Å². The molecule has 3 aromatic carbocycles. The number of aldehydes is 1. The smallest absolute Gasteiger partial charge is 0.414 e. The number of carbonyl (C=O) groups excluding carboxylic acids is 6.